The van der Waals surface area contributed by atoms with Gasteiger partial charge in [0.05, 0.1) is 24.5 Å². The molecule has 0 saturated carbocycles. The number of pyridine rings is 1. The largest absolute Gasteiger partial charge is 0.485 e. The van der Waals surface area contributed by atoms with E-state index in [2.05, 4.69) is 0 Å². The van der Waals surface area contributed by atoms with Crippen molar-refractivity contribution in [1.29, 1.82) is 0 Å². The standard InChI is InChI=1S/C16H15FN2O5/c17-12-10-11(3-4-13(12)19-6-8-24-16(19)22)18-5-1-2-14(15(18)21)23-9-7-20/h1-5,10,20H,6-9H2. The minimum Gasteiger partial charge on any atom is -0.485 e. The second-order valence-electron chi connectivity index (χ2n) is 5.02. The molecule has 7 nitrogen and oxygen atoms in total. The highest BCUT2D eigenvalue weighted by Crippen LogP contribution is 2.24. The van der Waals surface area contributed by atoms with Gasteiger partial charge in [-0.1, -0.05) is 0 Å². The number of hydrogen-bond acceptors (Lipinski definition) is 5. The SMILES string of the molecule is O=C1OCCN1c1ccc(-n2cccc(OCCO)c2=O)cc1F. The predicted octanol–water partition coefficient (Wildman–Crippen LogP) is 1.30. The molecule has 1 aliphatic rings. The fourth-order valence-corrected chi connectivity index (χ4v) is 2.42. The van der Waals surface area contributed by atoms with Gasteiger partial charge in [0.2, 0.25) is 0 Å². The van der Waals surface area contributed by atoms with Gasteiger partial charge in [0, 0.05) is 12.3 Å². The van der Waals surface area contributed by atoms with Crippen molar-refractivity contribution in [3.05, 3.63) is 52.7 Å². The Morgan fingerprint density at radius 1 is 1.29 bits per heavy atom. The molecule has 0 atom stereocenters. The predicted molar refractivity (Wildman–Crippen MR) is 83.3 cm³/mol. The van der Waals surface area contributed by atoms with E-state index in [1.54, 1.807) is 6.07 Å². The fourth-order valence-electron chi connectivity index (χ4n) is 2.42. The zero-order valence-corrected chi connectivity index (χ0v) is 12.6. The summed E-state index contributed by atoms with van der Waals surface area (Å²) in [5, 5.41) is 8.77. The Balaban J connectivity index is 1.95. The normalized spacial score (nSPS) is 13.9. The number of anilines is 1. The van der Waals surface area contributed by atoms with E-state index in [9.17, 15) is 14.0 Å². The monoisotopic (exact) mass is 334 g/mol. The molecule has 24 heavy (non-hydrogen) atoms. The first kappa shape index (κ1) is 16.0. The van der Waals surface area contributed by atoms with Crippen LogP contribution in [0.1, 0.15) is 0 Å². The van der Waals surface area contributed by atoms with Crippen LogP contribution in [0.4, 0.5) is 14.9 Å². The Morgan fingerprint density at radius 3 is 2.79 bits per heavy atom. The number of aliphatic hydroxyl groups excluding tert-OH is 1. The van der Waals surface area contributed by atoms with Crippen molar-refractivity contribution in [2.24, 2.45) is 0 Å². The molecular formula is C16H15FN2O5. The maximum Gasteiger partial charge on any atom is 0.414 e. The van der Waals surface area contributed by atoms with Crippen LogP contribution in [0.25, 0.3) is 5.69 Å². The Kier molecular flexibility index (Phi) is 4.48. The van der Waals surface area contributed by atoms with E-state index in [1.807, 2.05) is 0 Å². The van der Waals surface area contributed by atoms with Crippen molar-refractivity contribution >= 4 is 11.8 Å². The summed E-state index contributed by atoms with van der Waals surface area (Å²) < 4.78 is 25.5. The number of nitrogens with zero attached hydrogens (tertiary/aromatic N) is 2. The van der Waals surface area contributed by atoms with Crippen LogP contribution in [0.5, 0.6) is 5.75 Å². The first-order chi connectivity index (χ1) is 11.6. The smallest absolute Gasteiger partial charge is 0.414 e. The van der Waals surface area contributed by atoms with Gasteiger partial charge in [0.25, 0.3) is 5.56 Å². The maximum absolute atomic E-state index is 14.4. The third-order valence-corrected chi connectivity index (χ3v) is 3.52. The number of ether oxygens (including phenoxy) is 2. The number of halogens is 1. The Bertz CT molecular complexity index is 820. The summed E-state index contributed by atoms with van der Waals surface area (Å²) in [7, 11) is 0. The summed E-state index contributed by atoms with van der Waals surface area (Å²) in [5.41, 5.74) is -0.0797. The molecular weight excluding hydrogens is 319 g/mol. The van der Waals surface area contributed by atoms with Gasteiger partial charge >= 0.3 is 6.09 Å². The molecule has 1 aliphatic heterocycles. The van der Waals surface area contributed by atoms with E-state index in [-0.39, 0.29) is 37.8 Å². The lowest BCUT2D eigenvalue weighted by molar-refractivity contribution is 0.181. The molecule has 0 radical (unpaired) electrons. The Hall–Kier alpha value is -2.87. The molecule has 8 heteroatoms. The number of carbonyl (C=O) groups excluding carboxylic acids is 1. The third-order valence-electron chi connectivity index (χ3n) is 3.52. The zero-order valence-electron chi connectivity index (χ0n) is 12.6. The van der Waals surface area contributed by atoms with Gasteiger partial charge < -0.3 is 14.6 Å². The molecule has 0 spiro atoms. The summed E-state index contributed by atoms with van der Waals surface area (Å²) in [6, 6.07) is 7.17. The number of hydrogen-bond donors (Lipinski definition) is 1. The van der Waals surface area contributed by atoms with Gasteiger partial charge in [-0.25, -0.2) is 9.18 Å². The average Bonchev–Trinajstić information content (AvgIpc) is 3.00. The number of amides is 1. The van der Waals surface area contributed by atoms with Crippen molar-refractivity contribution in [3.8, 4) is 11.4 Å². The molecule has 126 valence electrons. The summed E-state index contributed by atoms with van der Waals surface area (Å²) in [4.78, 5) is 25.1. The minimum absolute atomic E-state index is 0.0103. The highest BCUT2D eigenvalue weighted by Gasteiger charge is 2.26. The molecule has 0 aliphatic carbocycles. The highest BCUT2D eigenvalue weighted by atomic mass is 19.1. The van der Waals surface area contributed by atoms with Gasteiger partial charge in [0.15, 0.2) is 5.75 Å². The molecule has 3 rings (SSSR count). The number of rotatable bonds is 5. The van der Waals surface area contributed by atoms with E-state index in [4.69, 9.17) is 14.6 Å². The van der Waals surface area contributed by atoms with E-state index >= 15 is 0 Å². The first-order valence-corrected chi connectivity index (χ1v) is 7.31. The second-order valence-corrected chi connectivity index (χ2v) is 5.02. The maximum atomic E-state index is 14.4. The number of cyclic esters (lactones) is 1. The molecule has 1 aromatic carbocycles. The quantitative estimate of drug-likeness (QED) is 0.891. The Morgan fingerprint density at radius 2 is 2.12 bits per heavy atom. The molecule has 1 aromatic heterocycles. The number of carbonyl (C=O) groups is 1. The molecule has 2 aromatic rings. The summed E-state index contributed by atoms with van der Waals surface area (Å²) in [6.07, 6.45) is 0.880. The van der Waals surface area contributed by atoms with Gasteiger partial charge in [0.1, 0.15) is 19.0 Å². The third kappa shape index (κ3) is 2.95. The number of aliphatic hydroxyl groups is 1. The number of benzene rings is 1. The van der Waals surface area contributed by atoms with Crippen molar-refractivity contribution in [2.45, 2.75) is 0 Å². The van der Waals surface area contributed by atoms with Crippen molar-refractivity contribution < 1.29 is 23.8 Å². The molecule has 0 bridgehead atoms. The van der Waals surface area contributed by atoms with Crippen LogP contribution < -0.4 is 15.2 Å². The van der Waals surface area contributed by atoms with Gasteiger partial charge in [-0.15, -0.1) is 0 Å². The molecule has 2 heterocycles. The number of aromatic nitrogens is 1. The van der Waals surface area contributed by atoms with E-state index in [0.29, 0.717) is 5.69 Å². The summed E-state index contributed by atoms with van der Waals surface area (Å²) in [6.45, 7) is 0.260. The lowest BCUT2D eigenvalue weighted by Gasteiger charge is -2.15. The van der Waals surface area contributed by atoms with Crippen molar-refractivity contribution in [2.75, 3.05) is 31.3 Å². The van der Waals surface area contributed by atoms with Gasteiger partial charge in [-0.2, -0.15) is 0 Å². The first-order valence-electron chi connectivity index (χ1n) is 7.31. The fraction of sp³-hybridized carbons (Fsp3) is 0.250. The van der Waals surface area contributed by atoms with Crippen LogP contribution in [0.2, 0.25) is 0 Å². The van der Waals surface area contributed by atoms with Crippen molar-refractivity contribution in [3.63, 3.8) is 0 Å². The van der Waals surface area contributed by atoms with Gasteiger partial charge in [-0.3, -0.25) is 14.3 Å². The topological polar surface area (TPSA) is 81.0 Å². The van der Waals surface area contributed by atoms with Crippen molar-refractivity contribution in [1.82, 2.24) is 4.57 Å². The van der Waals surface area contributed by atoms with E-state index in [0.717, 1.165) is 6.07 Å². The van der Waals surface area contributed by atoms with Crippen LogP contribution in [-0.4, -0.2) is 42.1 Å². The molecule has 0 unspecified atom stereocenters. The van der Waals surface area contributed by atoms with Crippen LogP contribution in [0.3, 0.4) is 0 Å². The van der Waals surface area contributed by atoms with Crippen LogP contribution in [0, 0.1) is 5.82 Å². The van der Waals surface area contributed by atoms with E-state index < -0.39 is 17.5 Å². The highest BCUT2D eigenvalue weighted by molar-refractivity contribution is 5.89. The lowest BCUT2D eigenvalue weighted by atomic mass is 10.2. The van der Waals surface area contributed by atoms with Crippen LogP contribution in [0.15, 0.2) is 41.3 Å². The summed E-state index contributed by atoms with van der Waals surface area (Å²) in [5.74, 6) is -0.584. The van der Waals surface area contributed by atoms with Crippen LogP contribution >= 0.6 is 0 Å². The molecule has 1 fully saturated rings. The van der Waals surface area contributed by atoms with Crippen LogP contribution in [-0.2, 0) is 4.74 Å². The van der Waals surface area contributed by atoms with E-state index in [1.165, 1.54) is 33.9 Å². The zero-order chi connectivity index (χ0) is 17.1. The minimum atomic E-state index is -0.639. The Labute approximate surface area is 136 Å². The second kappa shape index (κ2) is 6.71. The molecule has 1 saturated heterocycles. The molecule has 1 N–H and O–H groups in total. The average molecular weight is 334 g/mol. The van der Waals surface area contributed by atoms with Gasteiger partial charge in [-0.05, 0) is 24.3 Å². The molecule has 1 amide bonds. The summed E-state index contributed by atoms with van der Waals surface area (Å²) >= 11 is 0. The lowest BCUT2D eigenvalue weighted by Crippen LogP contribution is -2.25.